The number of pyridine rings is 1. The highest BCUT2D eigenvalue weighted by atomic mass is 19.1. The van der Waals surface area contributed by atoms with Gasteiger partial charge in [-0.15, -0.1) is 0 Å². The average molecular weight is 509 g/mol. The number of benzene rings is 1. The van der Waals surface area contributed by atoms with Crippen molar-refractivity contribution in [2.75, 3.05) is 13.2 Å². The standard InChI is InChI=1S/C29H33FN2O5/c1-3-12-32-28(36)20-13-17(2)26(21(16-33)27(20)29(32)37)25(35)10-8-19(23-6-4-5-11-31-23)14-18-7-9-24(34)22(30)15-18/h4-7,9,11,14-15,20-21,25,27,33-35H,3,8,10,12-13,16H2,1-2H3/b19-14-/t20-,21+,25-,27-/m1/s1. The molecule has 2 heterocycles. The van der Waals surface area contributed by atoms with Gasteiger partial charge in [0.15, 0.2) is 11.6 Å². The number of hydrogen-bond donors (Lipinski definition) is 3. The average Bonchev–Trinajstić information content (AvgIpc) is 3.12. The summed E-state index contributed by atoms with van der Waals surface area (Å²) in [6.07, 6.45) is 4.19. The van der Waals surface area contributed by atoms with Crippen LogP contribution in [0.1, 0.15) is 50.8 Å². The number of aromatic hydroxyl groups is 1. The van der Waals surface area contributed by atoms with Gasteiger partial charge in [0.1, 0.15) is 0 Å². The summed E-state index contributed by atoms with van der Waals surface area (Å²) in [5, 5.41) is 31.1. The number of phenolic OH excluding ortho intramolecular Hbond substituents is 1. The van der Waals surface area contributed by atoms with E-state index in [0.29, 0.717) is 42.6 Å². The maximum atomic E-state index is 13.9. The molecule has 3 N–H and O–H groups in total. The lowest BCUT2D eigenvalue weighted by Crippen LogP contribution is -2.38. The number of rotatable bonds is 9. The normalized spacial score (nSPS) is 23.0. The molecule has 0 spiro atoms. The molecule has 4 rings (SSSR count). The fourth-order valence-electron chi connectivity index (χ4n) is 5.72. The van der Waals surface area contributed by atoms with E-state index in [-0.39, 0.29) is 24.8 Å². The van der Waals surface area contributed by atoms with Crippen LogP contribution in [-0.2, 0) is 9.59 Å². The van der Waals surface area contributed by atoms with Crippen LogP contribution in [0.15, 0.2) is 53.7 Å². The summed E-state index contributed by atoms with van der Waals surface area (Å²) in [6, 6.07) is 9.56. The van der Waals surface area contributed by atoms with Crippen molar-refractivity contribution in [3.05, 3.63) is 70.8 Å². The van der Waals surface area contributed by atoms with E-state index in [1.165, 1.54) is 17.0 Å². The fourth-order valence-corrected chi connectivity index (χ4v) is 5.72. The van der Waals surface area contributed by atoms with Gasteiger partial charge < -0.3 is 15.3 Å². The first-order valence-corrected chi connectivity index (χ1v) is 12.7. The molecule has 196 valence electrons. The lowest BCUT2D eigenvalue weighted by atomic mass is 9.68. The Morgan fingerprint density at radius 1 is 1.24 bits per heavy atom. The molecule has 0 unspecified atom stereocenters. The van der Waals surface area contributed by atoms with Gasteiger partial charge in [-0.2, -0.15) is 0 Å². The summed E-state index contributed by atoms with van der Waals surface area (Å²) < 4.78 is 13.9. The molecule has 4 atom stereocenters. The predicted molar refractivity (Wildman–Crippen MR) is 137 cm³/mol. The Balaban J connectivity index is 1.59. The van der Waals surface area contributed by atoms with E-state index in [1.807, 2.05) is 26.0 Å². The van der Waals surface area contributed by atoms with Crippen molar-refractivity contribution in [2.24, 2.45) is 17.8 Å². The van der Waals surface area contributed by atoms with Crippen LogP contribution in [0.4, 0.5) is 4.39 Å². The summed E-state index contributed by atoms with van der Waals surface area (Å²) in [5.74, 6) is -3.41. The van der Waals surface area contributed by atoms with Gasteiger partial charge in [0.25, 0.3) is 0 Å². The molecule has 1 aromatic heterocycles. The zero-order chi connectivity index (χ0) is 26.7. The minimum Gasteiger partial charge on any atom is -0.505 e. The molecule has 2 amide bonds. The minimum atomic E-state index is -0.940. The quantitative estimate of drug-likeness (QED) is 0.350. The van der Waals surface area contributed by atoms with Crippen molar-refractivity contribution in [3.63, 3.8) is 0 Å². The zero-order valence-corrected chi connectivity index (χ0v) is 21.1. The van der Waals surface area contributed by atoms with Crippen molar-refractivity contribution in [3.8, 4) is 5.75 Å². The van der Waals surface area contributed by atoms with E-state index in [2.05, 4.69) is 4.98 Å². The zero-order valence-electron chi connectivity index (χ0n) is 21.1. The molecule has 1 saturated heterocycles. The molecular formula is C29H33FN2O5. The fraction of sp³-hybridized carbons (Fsp3) is 0.414. The molecule has 0 saturated carbocycles. The molecule has 2 aliphatic rings. The van der Waals surface area contributed by atoms with Gasteiger partial charge in [-0.05, 0) is 79.7 Å². The third kappa shape index (κ3) is 5.36. The Morgan fingerprint density at radius 2 is 2.03 bits per heavy atom. The highest BCUT2D eigenvalue weighted by molar-refractivity contribution is 6.05. The van der Waals surface area contributed by atoms with Gasteiger partial charge >= 0.3 is 0 Å². The number of halogens is 1. The number of aliphatic hydroxyl groups excluding tert-OH is 2. The van der Waals surface area contributed by atoms with Gasteiger partial charge in [0.2, 0.25) is 11.8 Å². The number of imide groups is 1. The number of phenols is 1. The van der Waals surface area contributed by atoms with Crippen LogP contribution >= 0.6 is 0 Å². The number of fused-ring (bicyclic) bond motifs is 1. The molecule has 1 aromatic carbocycles. The largest absolute Gasteiger partial charge is 0.505 e. The first kappa shape index (κ1) is 26.7. The SMILES string of the molecule is CCCN1C(=O)[C@@H]2[C@@H](CC(C)=C([C@H](O)CC/C(=C/c3ccc(O)c(F)c3)c3ccccn3)[C@@H]2CO)C1=O. The second-order valence-electron chi connectivity index (χ2n) is 9.84. The van der Waals surface area contributed by atoms with E-state index in [4.69, 9.17) is 0 Å². The molecular weight excluding hydrogens is 475 g/mol. The number of hydrogen-bond acceptors (Lipinski definition) is 6. The van der Waals surface area contributed by atoms with Crippen molar-refractivity contribution in [2.45, 2.75) is 45.6 Å². The van der Waals surface area contributed by atoms with Crippen LogP contribution in [0.25, 0.3) is 11.6 Å². The van der Waals surface area contributed by atoms with E-state index >= 15 is 0 Å². The Bertz CT molecular complexity index is 1230. The smallest absolute Gasteiger partial charge is 0.233 e. The van der Waals surface area contributed by atoms with Crippen molar-refractivity contribution in [1.29, 1.82) is 0 Å². The third-order valence-corrected chi connectivity index (χ3v) is 7.42. The summed E-state index contributed by atoms with van der Waals surface area (Å²) in [5.41, 5.74) is 3.43. The Morgan fingerprint density at radius 3 is 2.68 bits per heavy atom. The molecule has 8 heteroatoms. The molecule has 2 aromatic rings. The first-order valence-electron chi connectivity index (χ1n) is 12.7. The van der Waals surface area contributed by atoms with Crippen molar-refractivity contribution in [1.82, 2.24) is 9.88 Å². The molecule has 1 fully saturated rings. The van der Waals surface area contributed by atoms with Gasteiger partial charge in [0, 0.05) is 18.7 Å². The monoisotopic (exact) mass is 508 g/mol. The lowest BCUT2D eigenvalue weighted by molar-refractivity contribution is -0.140. The number of carbonyl (C=O) groups excluding carboxylic acids is 2. The number of nitrogens with zero attached hydrogens (tertiary/aromatic N) is 2. The summed E-state index contributed by atoms with van der Waals surface area (Å²) in [6.45, 7) is 3.78. The highest BCUT2D eigenvalue weighted by Crippen LogP contribution is 2.46. The van der Waals surface area contributed by atoms with Gasteiger partial charge in [-0.25, -0.2) is 4.39 Å². The Labute approximate surface area is 216 Å². The second-order valence-corrected chi connectivity index (χ2v) is 9.84. The van der Waals surface area contributed by atoms with Crippen LogP contribution < -0.4 is 0 Å². The molecule has 7 nitrogen and oxygen atoms in total. The van der Waals surface area contributed by atoms with E-state index in [9.17, 15) is 29.3 Å². The molecule has 0 radical (unpaired) electrons. The summed E-state index contributed by atoms with van der Waals surface area (Å²) in [7, 11) is 0. The molecule has 0 bridgehead atoms. The van der Waals surface area contributed by atoms with Crippen molar-refractivity contribution >= 4 is 23.5 Å². The highest BCUT2D eigenvalue weighted by Gasteiger charge is 2.54. The summed E-state index contributed by atoms with van der Waals surface area (Å²) in [4.78, 5) is 31.7. The minimum absolute atomic E-state index is 0.190. The molecule has 1 aliphatic heterocycles. The third-order valence-electron chi connectivity index (χ3n) is 7.42. The second kappa shape index (κ2) is 11.4. The number of allylic oxidation sites excluding steroid dienone is 2. The number of aliphatic hydroxyl groups is 2. The number of carbonyl (C=O) groups is 2. The Hall–Kier alpha value is -3.36. The number of amides is 2. The number of likely N-dealkylation sites (tertiary alicyclic amines) is 1. The van der Waals surface area contributed by atoms with Crippen LogP contribution in [0.2, 0.25) is 0 Å². The maximum absolute atomic E-state index is 13.9. The van der Waals surface area contributed by atoms with Gasteiger partial charge in [-0.3, -0.25) is 19.5 Å². The summed E-state index contributed by atoms with van der Waals surface area (Å²) >= 11 is 0. The van der Waals surface area contributed by atoms with Crippen LogP contribution in [0.3, 0.4) is 0 Å². The Kier molecular flexibility index (Phi) is 8.19. The van der Waals surface area contributed by atoms with Crippen LogP contribution in [0, 0.1) is 23.6 Å². The van der Waals surface area contributed by atoms with E-state index in [1.54, 1.807) is 24.4 Å². The lowest BCUT2D eigenvalue weighted by Gasteiger charge is -2.35. The van der Waals surface area contributed by atoms with E-state index in [0.717, 1.165) is 11.1 Å². The van der Waals surface area contributed by atoms with Gasteiger partial charge in [0.05, 0.1) is 30.2 Å². The van der Waals surface area contributed by atoms with Crippen LogP contribution in [0.5, 0.6) is 5.75 Å². The van der Waals surface area contributed by atoms with E-state index < -0.39 is 35.4 Å². The predicted octanol–water partition coefficient (Wildman–Crippen LogP) is 3.95. The first-order chi connectivity index (χ1) is 17.8. The van der Waals surface area contributed by atoms with Crippen molar-refractivity contribution < 1.29 is 29.3 Å². The molecule has 1 aliphatic carbocycles. The number of aromatic nitrogens is 1. The molecule has 37 heavy (non-hydrogen) atoms. The van der Waals surface area contributed by atoms with Gasteiger partial charge in [-0.1, -0.05) is 24.6 Å². The topological polar surface area (TPSA) is 111 Å². The maximum Gasteiger partial charge on any atom is 0.233 e. The van der Waals surface area contributed by atoms with Crippen LogP contribution in [-0.4, -0.2) is 56.3 Å².